The Morgan fingerprint density at radius 2 is 2.33 bits per heavy atom. The van der Waals surface area contributed by atoms with Crippen molar-refractivity contribution in [1.29, 1.82) is 0 Å². The third kappa shape index (κ3) is 2.79. The third-order valence-corrected chi connectivity index (χ3v) is 3.33. The molecule has 0 aliphatic carbocycles. The van der Waals surface area contributed by atoms with E-state index < -0.39 is 0 Å². The van der Waals surface area contributed by atoms with E-state index >= 15 is 0 Å². The maximum absolute atomic E-state index is 12.3. The van der Waals surface area contributed by atoms with Gasteiger partial charge in [-0.05, 0) is 31.7 Å². The Balaban J connectivity index is 2.10. The van der Waals surface area contributed by atoms with Crippen molar-refractivity contribution in [2.75, 3.05) is 13.2 Å². The Bertz CT molecular complexity index is 469. The number of H-pyrrole nitrogens is 1. The van der Waals surface area contributed by atoms with Gasteiger partial charge >= 0.3 is 0 Å². The van der Waals surface area contributed by atoms with Gasteiger partial charge in [0.15, 0.2) is 0 Å². The number of hydrogen-bond donors (Lipinski definition) is 2. The number of aromatic amines is 1. The SMILES string of the molecule is O=C(c1cccc(=O)[nH]1)N1CCCC1CCCO. The van der Waals surface area contributed by atoms with Crippen molar-refractivity contribution in [1.82, 2.24) is 9.88 Å². The maximum Gasteiger partial charge on any atom is 0.270 e. The van der Waals surface area contributed by atoms with Crippen LogP contribution < -0.4 is 5.56 Å². The Hall–Kier alpha value is -1.62. The molecule has 1 aliphatic rings. The lowest BCUT2D eigenvalue weighted by atomic mass is 10.1. The smallest absolute Gasteiger partial charge is 0.270 e. The van der Waals surface area contributed by atoms with Crippen molar-refractivity contribution in [2.45, 2.75) is 31.7 Å². The highest BCUT2D eigenvalue weighted by Gasteiger charge is 2.29. The molecule has 2 heterocycles. The van der Waals surface area contributed by atoms with Crippen molar-refractivity contribution < 1.29 is 9.90 Å². The van der Waals surface area contributed by atoms with Crippen LogP contribution in [0, 0.1) is 0 Å². The van der Waals surface area contributed by atoms with Crippen LogP contribution in [0.3, 0.4) is 0 Å². The molecule has 0 bridgehead atoms. The lowest BCUT2D eigenvalue weighted by Crippen LogP contribution is -2.36. The van der Waals surface area contributed by atoms with E-state index in [0.29, 0.717) is 12.1 Å². The summed E-state index contributed by atoms with van der Waals surface area (Å²) >= 11 is 0. The van der Waals surface area contributed by atoms with Gasteiger partial charge in [0.25, 0.3) is 5.91 Å². The zero-order chi connectivity index (χ0) is 13.0. The van der Waals surface area contributed by atoms with Crippen molar-refractivity contribution in [3.63, 3.8) is 0 Å². The number of aromatic nitrogens is 1. The topological polar surface area (TPSA) is 73.4 Å². The molecule has 1 fully saturated rings. The van der Waals surface area contributed by atoms with Crippen LogP contribution in [0.25, 0.3) is 0 Å². The average molecular weight is 250 g/mol. The van der Waals surface area contributed by atoms with Crippen molar-refractivity contribution in [2.24, 2.45) is 0 Å². The first kappa shape index (κ1) is 12.8. The summed E-state index contributed by atoms with van der Waals surface area (Å²) in [6.07, 6.45) is 3.49. The van der Waals surface area contributed by atoms with Crippen molar-refractivity contribution in [3.8, 4) is 0 Å². The summed E-state index contributed by atoms with van der Waals surface area (Å²) in [5.41, 5.74) is 0.0883. The lowest BCUT2D eigenvalue weighted by molar-refractivity contribution is 0.0718. The molecule has 0 saturated carbocycles. The van der Waals surface area contributed by atoms with E-state index in [4.69, 9.17) is 5.11 Å². The maximum atomic E-state index is 12.3. The number of carbonyl (C=O) groups excluding carboxylic acids is 1. The summed E-state index contributed by atoms with van der Waals surface area (Å²) in [5.74, 6) is -0.117. The lowest BCUT2D eigenvalue weighted by Gasteiger charge is -2.24. The highest BCUT2D eigenvalue weighted by molar-refractivity contribution is 5.92. The molecule has 0 radical (unpaired) electrons. The Labute approximate surface area is 105 Å². The van der Waals surface area contributed by atoms with E-state index in [0.717, 1.165) is 25.8 Å². The molecule has 5 nitrogen and oxygen atoms in total. The third-order valence-electron chi connectivity index (χ3n) is 3.33. The second kappa shape index (κ2) is 5.82. The summed E-state index contributed by atoms with van der Waals surface area (Å²) in [6, 6.07) is 4.80. The standard InChI is InChI=1S/C13H18N2O3/c16-9-3-5-10-4-2-8-15(10)13(18)11-6-1-7-12(17)14-11/h1,6-7,10,16H,2-5,8-9H2,(H,14,17). The number of aliphatic hydroxyl groups excluding tert-OH is 1. The number of rotatable bonds is 4. The number of pyridine rings is 1. The molecular weight excluding hydrogens is 232 g/mol. The Morgan fingerprint density at radius 1 is 1.50 bits per heavy atom. The zero-order valence-corrected chi connectivity index (χ0v) is 10.3. The summed E-state index contributed by atoms with van der Waals surface area (Å²) < 4.78 is 0. The number of amides is 1. The number of likely N-dealkylation sites (tertiary alicyclic amines) is 1. The van der Waals surface area contributed by atoms with E-state index in [1.165, 1.54) is 6.07 Å². The van der Waals surface area contributed by atoms with Crippen LogP contribution in [0.2, 0.25) is 0 Å². The summed E-state index contributed by atoms with van der Waals surface area (Å²) in [7, 11) is 0. The minimum atomic E-state index is -0.257. The number of aliphatic hydroxyl groups is 1. The predicted octanol–water partition coefficient (Wildman–Crippen LogP) is 0.752. The molecule has 2 rings (SSSR count). The first-order valence-electron chi connectivity index (χ1n) is 6.33. The molecule has 1 aromatic heterocycles. The average Bonchev–Trinajstić information content (AvgIpc) is 2.83. The summed E-state index contributed by atoms with van der Waals surface area (Å²) in [5, 5.41) is 8.85. The number of nitrogens with zero attached hydrogens (tertiary/aromatic N) is 1. The molecule has 18 heavy (non-hydrogen) atoms. The first-order chi connectivity index (χ1) is 8.72. The second-order valence-corrected chi connectivity index (χ2v) is 4.59. The number of hydrogen-bond acceptors (Lipinski definition) is 3. The molecule has 1 saturated heterocycles. The molecule has 1 aliphatic heterocycles. The van der Waals surface area contributed by atoms with E-state index in [1.54, 1.807) is 17.0 Å². The molecule has 5 heteroatoms. The van der Waals surface area contributed by atoms with E-state index in [2.05, 4.69) is 4.98 Å². The van der Waals surface area contributed by atoms with Gasteiger partial charge in [-0.25, -0.2) is 0 Å². The molecule has 1 unspecified atom stereocenters. The van der Waals surface area contributed by atoms with Crippen LogP contribution in [0.15, 0.2) is 23.0 Å². The van der Waals surface area contributed by atoms with Crippen molar-refractivity contribution >= 4 is 5.91 Å². The zero-order valence-electron chi connectivity index (χ0n) is 10.3. The second-order valence-electron chi connectivity index (χ2n) is 4.59. The van der Waals surface area contributed by atoms with Gasteiger partial charge in [-0.15, -0.1) is 0 Å². The number of carbonyl (C=O) groups is 1. The fourth-order valence-electron chi connectivity index (χ4n) is 2.46. The van der Waals surface area contributed by atoms with Crippen LogP contribution in [0.4, 0.5) is 0 Å². The van der Waals surface area contributed by atoms with Gasteiger partial charge in [0, 0.05) is 25.3 Å². The molecule has 0 spiro atoms. The van der Waals surface area contributed by atoms with Crippen LogP contribution in [-0.4, -0.2) is 40.1 Å². The van der Waals surface area contributed by atoms with Crippen LogP contribution in [0.5, 0.6) is 0 Å². The monoisotopic (exact) mass is 250 g/mol. The fourth-order valence-corrected chi connectivity index (χ4v) is 2.46. The minimum absolute atomic E-state index is 0.117. The normalized spacial score (nSPS) is 19.2. The van der Waals surface area contributed by atoms with Gasteiger partial charge in [-0.2, -0.15) is 0 Å². The van der Waals surface area contributed by atoms with Crippen LogP contribution >= 0.6 is 0 Å². The van der Waals surface area contributed by atoms with Crippen molar-refractivity contribution in [3.05, 3.63) is 34.2 Å². The molecule has 1 amide bonds. The van der Waals surface area contributed by atoms with Gasteiger partial charge in [-0.3, -0.25) is 9.59 Å². The van der Waals surface area contributed by atoms with Crippen LogP contribution in [-0.2, 0) is 0 Å². The molecule has 98 valence electrons. The molecule has 1 atom stereocenters. The highest BCUT2D eigenvalue weighted by Crippen LogP contribution is 2.22. The van der Waals surface area contributed by atoms with Gasteiger partial charge in [0.2, 0.25) is 5.56 Å². The highest BCUT2D eigenvalue weighted by atomic mass is 16.3. The first-order valence-corrected chi connectivity index (χ1v) is 6.33. The predicted molar refractivity (Wildman–Crippen MR) is 67.4 cm³/mol. The summed E-state index contributed by atoms with van der Waals surface area (Å²) in [6.45, 7) is 0.882. The summed E-state index contributed by atoms with van der Waals surface area (Å²) in [4.78, 5) is 27.8. The van der Waals surface area contributed by atoms with E-state index in [1.807, 2.05) is 0 Å². The van der Waals surface area contributed by atoms with Gasteiger partial charge in [-0.1, -0.05) is 6.07 Å². The molecular formula is C13H18N2O3. The Kier molecular flexibility index (Phi) is 4.15. The van der Waals surface area contributed by atoms with Crippen LogP contribution in [0.1, 0.15) is 36.2 Å². The van der Waals surface area contributed by atoms with Gasteiger partial charge in [0.1, 0.15) is 5.69 Å². The number of nitrogens with one attached hydrogen (secondary N) is 1. The quantitative estimate of drug-likeness (QED) is 0.828. The fraction of sp³-hybridized carbons (Fsp3) is 0.538. The molecule has 0 aromatic carbocycles. The van der Waals surface area contributed by atoms with E-state index in [-0.39, 0.29) is 24.1 Å². The van der Waals surface area contributed by atoms with E-state index in [9.17, 15) is 9.59 Å². The molecule has 2 N–H and O–H groups in total. The largest absolute Gasteiger partial charge is 0.396 e. The Morgan fingerprint density at radius 3 is 3.06 bits per heavy atom. The molecule has 1 aromatic rings. The van der Waals surface area contributed by atoms with Gasteiger partial charge < -0.3 is 15.0 Å². The minimum Gasteiger partial charge on any atom is -0.396 e. The van der Waals surface area contributed by atoms with Gasteiger partial charge in [0.05, 0.1) is 0 Å².